The second-order valence-corrected chi connectivity index (χ2v) is 4.36. The molecular formula is C15H17NO3. The van der Waals surface area contributed by atoms with Crippen LogP contribution in [0.5, 0.6) is 0 Å². The van der Waals surface area contributed by atoms with Gasteiger partial charge >= 0.3 is 5.97 Å². The van der Waals surface area contributed by atoms with E-state index >= 15 is 0 Å². The van der Waals surface area contributed by atoms with Gasteiger partial charge in [-0.15, -0.1) is 0 Å². The van der Waals surface area contributed by atoms with Gasteiger partial charge in [0.15, 0.2) is 5.43 Å². The minimum Gasteiger partial charge on any atom is -0.461 e. The maximum atomic E-state index is 12.2. The number of aryl methyl sites for hydroxylation is 1. The van der Waals surface area contributed by atoms with Crippen LogP contribution in [0.25, 0.3) is 10.9 Å². The van der Waals surface area contributed by atoms with Crippen LogP contribution in [-0.2, 0) is 11.2 Å². The number of aromatic amines is 1. The fraction of sp³-hybridized carbons (Fsp3) is 0.333. The highest BCUT2D eigenvalue weighted by Crippen LogP contribution is 2.15. The third kappa shape index (κ3) is 2.67. The van der Waals surface area contributed by atoms with Crippen LogP contribution in [0.4, 0.5) is 0 Å². The van der Waals surface area contributed by atoms with Gasteiger partial charge in [-0.1, -0.05) is 25.5 Å². The number of hydrogen-bond donors (Lipinski definition) is 1. The minimum absolute atomic E-state index is 0.138. The molecule has 0 spiro atoms. The van der Waals surface area contributed by atoms with Crippen molar-refractivity contribution in [3.63, 3.8) is 0 Å². The van der Waals surface area contributed by atoms with Gasteiger partial charge in [-0.25, -0.2) is 4.79 Å². The molecule has 4 heteroatoms. The van der Waals surface area contributed by atoms with Gasteiger partial charge in [-0.2, -0.15) is 0 Å². The fourth-order valence-electron chi connectivity index (χ4n) is 2.18. The Morgan fingerprint density at radius 3 is 2.79 bits per heavy atom. The molecule has 0 aliphatic heterocycles. The van der Waals surface area contributed by atoms with Crippen molar-refractivity contribution in [2.75, 3.05) is 6.61 Å². The molecule has 0 fully saturated rings. The van der Waals surface area contributed by atoms with E-state index in [1.165, 1.54) is 6.07 Å². The van der Waals surface area contributed by atoms with Gasteiger partial charge in [-0.3, -0.25) is 4.79 Å². The predicted molar refractivity (Wildman–Crippen MR) is 74.5 cm³/mol. The fourth-order valence-corrected chi connectivity index (χ4v) is 2.18. The number of H-pyrrole nitrogens is 1. The molecule has 2 rings (SSSR count). The predicted octanol–water partition coefficient (Wildman–Crippen LogP) is 2.66. The Morgan fingerprint density at radius 2 is 2.11 bits per heavy atom. The Balaban J connectivity index is 2.59. The van der Waals surface area contributed by atoms with E-state index in [0.717, 1.165) is 18.4 Å². The summed E-state index contributed by atoms with van der Waals surface area (Å²) in [5.74, 6) is -0.498. The number of esters is 1. The smallest absolute Gasteiger partial charge is 0.354 e. The molecule has 4 nitrogen and oxygen atoms in total. The molecule has 1 aromatic carbocycles. The number of carbonyl (C=O) groups excluding carboxylic acids is 1. The number of carbonyl (C=O) groups is 1. The molecule has 1 N–H and O–H groups in total. The Kier molecular flexibility index (Phi) is 4.00. The minimum atomic E-state index is -0.498. The Labute approximate surface area is 111 Å². The zero-order valence-corrected chi connectivity index (χ0v) is 11.2. The molecule has 1 heterocycles. The number of pyridine rings is 1. The molecular weight excluding hydrogens is 242 g/mol. The van der Waals surface area contributed by atoms with Gasteiger partial charge in [0, 0.05) is 11.5 Å². The van der Waals surface area contributed by atoms with Gasteiger partial charge in [0.2, 0.25) is 0 Å². The monoisotopic (exact) mass is 259 g/mol. The number of benzene rings is 1. The molecule has 0 amide bonds. The van der Waals surface area contributed by atoms with Crippen molar-refractivity contribution >= 4 is 16.9 Å². The Morgan fingerprint density at radius 1 is 1.32 bits per heavy atom. The van der Waals surface area contributed by atoms with Crippen LogP contribution in [0, 0.1) is 0 Å². The number of aromatic nitrogens is 1. The summed E-state index contributed by atoms with van der Waals surface area (Å²) in [6.45, 7) is 4.09. The first-order valence-corrected chi connectivity index (χ1v) is 6.49. The van der Waals surface area contributed by atoms with Crippen LogP contribution in [0.1, 0.15) is 36.3 Å². The Hall–Kier alpha value is -2.10. The summed E-state index contributed by atoms with van der Waals surface area (Å²) in [6.07, 6.45) is 1.82. The molecule has 2 aromatic rings. The van der Waals surface area contributed by atoms with Crippen LogP contribution in [-0.4, -0.2) is 17.6 Å². The molecule has 0 aliphatic carbocycles. The average molecular weight is 259 g/mol. The van der Waals surface area contributed by atoms with Crippen LogP contribution >= 0.6 is 0 Å². The number of fused-ring (bicyclic) bond motifs is 1. The van der Waals surface area contributed by atoms with Crippen LogP contribution < -0.4 is 5.43 Å². The third-order valence-corrected chi connectivity index (χ3v) is 2.96. The summed E-state index contributed by atoms with van der Waals surface area (Å²) in [7, 11) is 0. The van der Waals surface area contributed by atoms with Crippen molar-refractivity contribution in [1.82, 2.24) is 4.98 Å². The molecule has 0 atom stereocenters. The third-order valence-electron chi connectivity index (χ3n) is 2.96. The van der Waals surface area contributed by atoms with Crippen LogP contribution in [0.15, 0.2) is 29.1 Å². The van der Waals surface area contributed by atoms with E-state index in [-0.39, 0.29) is 17.7 Å². The van der Waals surface area contributed by atoms with E-state index in [2.05, 4.69) is 11.9 Å². The lowest BCUT2D eigenvalue weighted by molar-refractivity contribution is 0.0520. The van der Waals surface area contributed by atoms with Crippen molar-refractivity contribution in [3.05, 3.63) is 45.7 Å². The van der Waals surface area contributed by atoms with E-state index in [1.54, 1.807) is 13.0 Å². The van der Waals surface area contributed by atoms with Crippen molar-refractivity contribution in [1.29, 1.82) is 0 Å². The summed E-state index contributed by atoms with van der Waals surface area (Å²) in [6, 6.07) is 6.96. The second-order valence-electron chi connectivity index (χ2n) is 4.36. The topological polar surface area (TPSA) is 59.2 Å². The lowest BCUT2D eigenvalue weighted by Crippen LogP contribution is -2.13. The number of hydrogen-bond acceptors (Lipinski definition) is 3. The largest absolute Gasteiger partial charge is 0.461 e. The van der Waals surface area contributed by atoms with Crippen molar-refractivity contribution in [3.8, 4) is 0 Å². The quantitative estimate of drug-likeness (QED) is 0.859. The maximum Gasteiger partial charge on any atom is 0.354 e. The van der Waals surface area contributed by atoms with E-state index in [1.807, 2.05) is 12.1 Å². The van der Waals surface area contributed by atoms with E-state index in [4.69, 9.17) is 4.74 Å². The highest BCUT2D eigenvalue weighted by Gasteiger charge is 2.12. The van der Waals surface area contributed by atoms with Gasteiger partial charge < -0.3 is 9.72 Å². The zero-order valence-electron chi connectivity index (χ0n) is 11.2. The first-order chi connectivity index (χ1) is 9.17. The lowest BCUT2D eigenvalue weighted by Gasteiger charge is -2.07. The molecule has 0 radical (unpaired) electrons. The van der Waals surface area contributed by atoms with E-state index in [9.17, 15) is 9.59 Å². The van der Waals surface area contributed by atoms with Crippen LogP contribution in [0.3, 0.4) is 0 Å². The SMILES string of the molecule is CCCc1cccc2[nH]c(C(=O)OCC)cc(=O)c12. The standard InChI is InChI=1S/C15H17NO3/c1-3-6-10-7-5-8-11-14(10)13(17)9-12(16-11)15(18)19-4-2/h5,7-9H,3-4,6H2,1-2H3,(H,16,17). The molecule has 0 unspecified atom stereocenters. The van der Waals surface area contributed by atoms with Crippen molar-refractivity contribution in [2.45, 2.75) is 26.7 Å². The summed E-state index contributed by atoms with van der Waals surface area (Å²) in [4.78, 5) is 26.8. The normalized spacial score (nSPS) is 10.6. The molecule has 0 saturated carbocycles. The number of rotatable bonds is 4. The molecule has 1 aromatic heterocycles. The van der Waals surface area contributed by atoms with Gasteiger partial charge in [0.05, 0.1) is 12.1 Å². The first-order valence-electron chi connectivity index (χ1n) is 6.49. The van der Waals surface area contributed by atoms with Crippen LogP contribution in [0.2, 0.25) is 0 Å². The highest BCUT2D eigenvalue weighted by molar-refractivity contribution is 5.91. The highest BCUT2D eigenvalue weighted by atomic mass is 16.5. The van der Waals surface area contributed by atoms with Crippen molar-refractivity contribution < 1.29 is 9.53 Å². The van der Waals surface area contributed by atoms with Gasteiger partial charge in [-0.05, 0) is 25.0 Å². The summed E-state index contributed by atoms with van der Waals surface area (Å²) in [5.41, 5.74) is 1.76. The van der Waals surface area contributed by atoms with Gasteiger partial charge in [0.25, 0.3) is 0 Å². The average Bonchev–Trinajstić information content (AvgIpc) is 2.39. The molecule has 0 saturated heterocycles. The molecule has 0 bridgehead atoms. The van der Waals surface area contributed by atoms with E-state index in [0.29, 0.717) is 10.9 Å². The lowest BCUT2D eigenvalue weighted by atomic mass is 10.0. The second kappa shape index (κ2) is 5.69. The summed E-state index contributed by atoms with van der Waals surface area (Å²) >= 11 is 0. The summed E-state index contributed by atoms with van der Waals surface area (Å²) in [5, 5.41) is 0.664. The Bertz CT molecular complexity index is 658. The zero-order chi connectivity index (χ0) is 13.8. The molecule has 0 aliphatic rings. The first kappa shape index (κ1) is 13.3. The number of nitrogens with one attached hydrogen (secondary N) is 1. The molecule has 100 valence electrons. The molecule has 19 heavy (non-hydrogen) atoms. The maximum absolute atomic E-state index is 12.2. The number of ether oxygens (including phenoxy) is 1. The van der Waals surface area contributed by atoms with Crippen molar-refractivity contribution in [2.24, 2.45) is 0 Å². The van der Waals surface area contributed by atoms with Gasteiger partial charge in [0.1, 0.15) is 5.69 Å². The summed E-state index contributed by atoms with van der Waals surface area (Å²) < 4.78 is 4.90. The van der Waals surface area contributed by atoms with E-state index < -0.39 is 5.97 Å².